The maximum absolute atomic E-state index is 10.7. The fourth-order valence-electron chi connectivity index (χ4n) is 1.15. The van der Waals surface area contributed by atoms with Crippen molar-refractivity contribution in [3.63, 3.8) is 0 Å². The van der Waals surface area contributed by atoms with E-state index < -0.39 is 16.8 Å². The lowest BCUT2D eigenvalue weighted by Crippen LogP contribution is -2.44. The lowest BCUT2D eigenvalue weighted by atomic mass is 10.2. The zero-order valence-corrected chi connectivity index (χ0v) is 5.32. The number of carbonyl (C=O) groups is 1. The summed E-state index contributed by atoms with van der Waals surface area (Å²) in [4.78, 5) is 8.35. The predicted molar refractivity (Wildman–Crippen MR) is 32.5 cm³/mol. The Labute approximate surface area is 57.6 Å². The molecule has 1 rings (SSSR count). The fourth-order valence-corrected chi connectivity index (χ4v) is 1.15. The van der Waals surface area contributed by atoms with E-state index in [0.29, 0.717) is 6.42 Å². The van der Waals surface area contributed by atoms with Crippen molar-refractivity contribution in [3.8, 4) is 0 Å². The summed E-state index contributed by atoms with van der Waals surface area (Å²) in [5.41, 5.74) is 0. The van der Waals surface area contributed by atoms with Gasteiger partial charge in [0.05, 0.1) is 6.54 Å². The van der Waals surface area contributed by atoms with Crippen LogP contribution in [0.4, 0.5) is 0 Å². The van der Waals surface area contributed by atoms with E-state index in [0.717, 1.165) is 0 Å². The first-order valence-corrected chi connectivity index (χ1v) is 3.06. The van der Waals surface area contributed by atoms with Crippen LogP contribution in [0.2, 0.25) is 0 Å². The molecule has 1 saturated heterocycles. The van der Waals surface area contributed by atoms with Gasteiger partial charge in [0.2, 0.25) is 0 Å². The maximum atomic E-state index is 10.7. The second-order valence-electron chi connectivity index (χ2n) is 2.45. The third kappa shape index (κ3) is 1.11. The van der Waals surface area contributed by atoms with Gasteiger partial charge in [-0.1, -0.05) is 0 Å². The van der Waals surface area contributed by atoms with Crippen LogP contribution in [0.5, 0.6) is 0 Å². The van der Waals surface area contributed by atoms with Crippen LogP contribution in [0.3, 0.4) is 0 Å². The molecule has 1 fully saturated rings. The first-order chi connectivity index (χ1) is 4.54. The molecule has 0 aromatic heterocycles. The van der Waals surface area contributed by atoms with Gasteiger partial charge in [0.15, 0.2) is 6.04 Å². The Morgan fingerprint density at radius 3 is 2.40 bits per heavy atom. The monoisotopic (exact) mass is 146 g/mol. The first-order valence-electron chi connectivity index (χ1n) is 3.06. The molecule has 0 radical (unpaired) electrons. The average molecular weight is 146 g/mol. The molecule has 1 N–H and O–H groups in total. The van der Waals surface area contributed by atoms with E-state index in [1.165, 1.54) is 0 Å². The van der Waals surface area contributed by atoms with Gasteiger partial charge in [-0.25, -0.2) is 4.79 Å². The van der Waals surface area contributed by atoms with Crippen LogP contribution in [-0.4, -0.2) is 28.5 Å². The van der Waals surface area contributed by atoms with Crippen LogP contribution in [0, 0.1) is 10.4 Å². The van der Waals surface area contributed by atoms with Crippen LogP contribution < -0.4 is 0 Å². The maximum Gasteiger partial charge on any atom is 0.363 e. The van der Waals surface area contributed by atoms with E-state index in [1.807, 2.05) is 0 Å². The third-order valence-corrected chi connectivity index (χ3v) is 1.71. The van der Waals surface area contributed by atoms with Crippen molar-refractivity contribution >= 4 is 5.97 Å². The number of rotatable bonds is 1. The summed E-state index contributed by atoms with van der Waals surface area (Å²) in [5.74, 6) is -1.28. The lowest BCUT2D eigenvalue weighted by Gasteiger charge is -2.46. The molecule has 5 heteroatoms. The molecule has 0 amide bonds. The normalized spacial score (nSPS) is 30.4. The molecule has 0 bridgehead atoms. The molecule has 0 spiro atoms. The average Bonchev–Trinajstić information content (AvgIpc) is 2.08. The Hall–Kier alpha value is -0.650. The molecule has 0 aliphatic carbocycles. The van der Waals surface area contributed by atoms with E-state index in [1.54, 1.807) is 0 Å². The molecule has 1 aliphatic heterocycles. The van der Waals surface area contributed by atoms with Gasteiger partial charge >= 0.3 is 5.97 Å². The highest BCUT2D eigenvalue weighted by Gasteiger charge is 2.33. The molecule has 0 saturated carbocycles. The number of hydrogen-bond donors (Lipinski definition) is 1. The minimum atomic E-state index is -1.85. The van der Waals surface area contributed by atoms with E-state index in [-0.39, 0.29) is 13.0 Å². The summed E-state index contributed by atoms with van der Waals surface area (Å²) in [7, 11) is 0. The molecule has 1 unspecified atom stereocenters. The van der Waals surface area contributed by atoms with Gasteiger partial charge in [0, 0.05) is 12.8 Å². The molecule has 0 aromatic carbocycles. The molecular weight excluding hydrogens is 138 g/mol. The minimum absolute atomic E-state index is 0.114. The zero-order chi connectivity index (χ0) is 7.78. The van der Waals surface area contributed by atoms with Gasteiger partial charge in [0.1, 0.15) is 0 Å². The minimum Gasteiger partial charge on any atom is -0.631 e. The molecule has 0 aromatic rings. The number of nitrogens with zero attached hydrogens (tertiary/aromatic N) is 1. The van der Waals surface area contributed by atoms with Crippen LogP contribution >= 0.6 is 0 Å². The molecule has 58 valence electrons. The Bertz CT molecular complexity index is 156. The summed E-state index contributed by atoms with van der Waals surface area (Å²) in [5, 5.41) is 29.7. The van der Waals surface area contributed by atoms with Crippen molar-refractivity contribution in [2.24, 2.45) is 0 Å². The number of hydroxylamine groups is 4. The van der Waals surface area contributed by atoms with Crippen molar-refractivity contribution in [1.29, 1.82) is 0 Å². The number of hydrogen-bond acceptors (Lipinski definition) is 3. The van der Waals surface area contributed by atoms with Gasteiger partial charge in [-0.15, -0.1) is 0 Å². The summed E-state index contributed by atoms with van der Waals surface area (Å²) >= 11 is 0. The molecule has 10 heavy (non-hydrogen) atoms. The Morgan fingerprint density at radius 1 is 1.60 bits per heavy atom. The van der Waals surface area contributed by atoms with E-state index in [4.69, 9.17) is 5.11 Å². The van der Waals surface area contributed by atoms with Crippen LogP contribution in [0.1, 0.15) is 12.8 Å². The third-order valence-electron chi connectivity index (χ3n) is 1.71. The number of aliphatic carboxylic acids is 1. The van der Waals surface area contributed by atoms with Gasteiger partial charge in [-0.05, 0) is 0 Å². The quantitative estimate of drug-likeness (QED) is 0.418. The second-order valence-corrected chi connectivity index (χ2v) is 2.45. The van der Waals surface area contributed by atoms with Crippen LogP contribution in [0.25, 0.3) is 0 Å². The van der Waals surface area contributed by atoms with Crippen molar-refractivity contribution in [2.45, 2.75) is 18.9 Å². The first kappa shape index (κ1) is 7.46. The topological polar surface area (TPSA) is 83.4 Å². The fraction of sp³-hybridized carbons (Fsp3) is 0.800. The van der Waals surface area contributed by atoms with Crippen molar-refractivity contribution in [3.05, 3.63) is 10.4 Å². The van der Waals surface area contributed by atoms with Crippen LogP contribution in [-0.2, 0) is 4.79 Å². The number of carboxylic acids is 1. The second kappa shape index (κ2) is 2.19. The Kier molecular flexibility index (Phi) is 1.63. The number of quaternary nitrogens is 1. The Morgan fingerprint density at radius 2 is 2.20 bits per heavy atom. The highest BCUT2D eigenvalue weighted by Crippen LogP contribution is 2.23. The van der Waals surface area contributed by atoms with Gasteiger partial charge in [-0.2, -0.15) is 0 Å². The molecule has 1 atom stereocenters. The molecule has 1 heterocycles. The lowest BCUT2D eigenvalue weighted by molar-refractivity contribution is -0.833. The zero-order valence-electron chi connectivity index (χ0n) is 5.32. The smallest absolute Gasteiger partial charge is 0.363 e. The van der Waals surface area contributed by atoms with E-state index in [2.05, 4.69) is 0 Å². The SMILES string of the molecule is O=C(O)C1CCC[N+]1([O-])[O-]. The van der Waals surface area contributed by atoms with Crippen molar-refractivity contribution < 1.29 is 14.7 Å². The van der Waals surface area contributed by atoms with Gasteiger partial charge in [-0.3, -0.25) is 0 Å². The molecular formula is C5H8NO4-. The largest absolute Gasteiger partial charge is 0.631 e. The van der Waals surface area contributed by atoms with Crippen molar-refractivity contribution in [1.82, 2.24) is 0 Å². The summed E-state index contributed by atoms with van der Waals surface area (Å²) in [6.07, 6.45) is 0.631. The summed E-state index contributed by atoms with van der Waals surface area (Å²) in [6, 6.07) is -1.28. The van der Waals surface area contributed by atoms with Crippen LogP contribution in [0.15, 0.2) is 0 Å². The Balaban J connectivity index is 2.68. The van der Waals surface area contributed by atoms with E-state index >= 15 is 0 Å². The van der Waals surface area contributed by atoms with Gasteiger partial charge < -0.3 is 20.3 Å². The molecule has 1 aliphatic rings. The van der Waals surface area contributed by atoms with Crippen molar-refractivity contribution in [2.75, 3.05) is 6.54 Å². The summed E-state index contributed by atoms with van der Waals surface area (Å²) in [6.45, 7) is -0.114. The number of carboxylic acid groups (broad SMARTS) is 1. The van der Waals surface area contributed by atoms with E-state index in [9.17, 15) is 15.2 Å². The van der Waals surface area contributed by atoms with Gasteiger partial charge in [0.25, 0.3) is 0 Å². The highest BCUT2D eigenvalue weighted by molar-refractivity contribution is 5.72. The predicted octanol–water partition coefficient (Wildman–Crippen LogP) is 0.0458. The molecule has 5 nitrogen and oxygen atoms in total. The standard InChI is InChI=1S/C5H8NO4/c7-5(8)4-2-1-3-6(4,9)10/h4H,1-3H2,(H,7,8)/q-1. The highest BCUT2D eigenvalue weighted by atomic mass is 16.8. The summed E-state index contributed by atoms with van der Waals surface area (Å²) < 4.78 is 0.